The van der Waals surface area contributed by atoms with E-state index in [1.54, 1.807) is 0 Å². The summed E-state index contributed by atoms with van der Waals surface area (Å²) in [6, 6.07) is 35.4. The number of nitrogens with one attached hydrogen (secondary N) is 1. The Kier molecular flexibility index (Phi) is 4.74. The highest BCUT2D eigenvalue weighted by molar-refractivity contribution is 6.11. The smallest absolute Gasteiger partial charge is 0.0729 e. The molecule has 0 aliphatic heterocycles. The van der Waals surface area contributed by atoms with Gasteiger partial charge in [0.1, 0.15) is 0 Å². The molecule has 0 aromatic heterocycles. The van der Waals surface area contributed by atoms with Crippen molar-refractivity contribution in [1.29, 1.82) is 0 Å². The summed E-state index contributed by atoms with van der Waals surface area (Å²) in [6.07, 6.45) is 0.773. The molecule has 2 nitrogen and oxygen atoms in total. The van der Waals surface area contributed by atoms with Gasteiger partial charge in [-0.1, -0.05) is 91.0 Å². The van der Waals surface area contributed by atoms with Crippen LogP contribution in [0.2, 0.25) is 0 Å². The van der Waals surface area contributed by atoms with Gasteiger partial charge in [0, 0.05) is 12.0 Å². The molecule has 0 unspecified atom stereocenters. The molecule has 0 bridgehead atoms. The van der Waals surface area contributed by atoms with Crippen LogP contribution in [-0.2, 0) is 6.42 Å². The summed E-state index contributed by atoms with van der Waals surface area (Å²) in [6.45, 7) is 0. The van der Waals surface area contributed by atoms with Gasteiger partial charge < -0.3 is 0 Å². The van der Waals surface area contributed by atoms with Gasteiger partial charge >= 0.3 is 0 Å². The molecule has 0 amide bonds. The number of benzene rings is 4. The molecule has 26 heavy (non-hydrogen) atoms. The zero-order valence-electron chi connectivity index (χ0n) is 14.5. The number of hydrazone groups is 1. The predicted octanol–water partition coefficient (Wildman–Crippen LogP) is 5.90. The number of nitrogens with zero attached hydrogens (tertiary/aromatic N) is 1. The minimum Gasteiger partial charge on any atom is -0.278 e. The van der Waals surface area contributed by atoms with E-state index in [1.807, 2.05) is 36.4 Å². The van der Waals surface area contributed by atoms with Crippen LogP contribution in [0, 0.1) is 0 Å². The first-order valence-corrected chi connectivity index (χ1v) is 8.80. The third-order valence-electron chi connectivity index (χ3n) is 4.41. The molecule has 0 atom stereocenters. The lowest BCUT2D eigenvalue weighted by Gasteiger charge is -2.11. The third-order valence-corrected chi connectivity index (χ3v) is 4.41. The molecular formula is C24H20N2. The fraction of sp³-hybridized carbons (Fsp3) is 0.0417. The van der Waals surface area contributed by atoms with Crippen molar-refractivity contribution in [2.45, 2.75) is 6.42 Å². The normalized spacial score (nSPS) is 11.5. The van der Waals surface area contributed by atoms with E-state index >= 15 is 0 Å². The Balaban J connectivity index is 1.76. The van der Waals surface area contributed by atoms with Gasteiger partial charge in [-0.3, -0.25) is 5.43 Å². The molecule has 0 aliphatic rings. The molecule has 0 aliphatic carbocycles. The second kappa shape index (κ2) is 7.66. The van der Waals surface area contributed by atoms with Crippen LogP contribution in [0.5, 0.6) is 0 Å². The van der Waals surface area contributed by atoms with Crippen molar-refractivity contribution >= 4 is 22.2 Å². The van der Waals surface area contributed by atoms with Gasteiger partial charge in [-0.05, 0) is 28.5 Å². The van der Waals surface area contributed by atoms with Crippen LogP contribution in [-0.4, -0.2) is 5.71 Å². The first-order chi connectivity index (χ1) is 12.9. The fourth-order valence-corrected chi connectivity index (χ4v) is 3.11. The maximum absolute atomic E-state index is 4.78. The topological polar surface area (TPSA) is 24.4 Å². The summed E-state index contributed by atoms with van der Waals surface area (Å²) in [4.78, 5) is 0. The summed E-state index contributed by atoms with van der Waals surface area (Å²) in [5, 5.41) is 7.23. The maximum atomic E-state index is 4.78. The Morgan fingerprint density at radius 1 is 0.654 bits per heavy atom. The fourth-order valence-electron chi connectivity index (χ4n) is 3.11. The molecule has 126 valence electrons. The summed E-state index contributed by atoms with van der Waals surface area (Å²) in [5.74, 6) is 0. The highest BCUT2D eigenvalue weighted by Crippen LogP contribution is 2.21. The number of para-hydroxylation sites is 1. The zero-order chi connectivity index (χ0) is 17.6. The van der Waals surface area contributed by atoms with Crippen molar-refractivity contribution < 1.29 is 0 Å². The molecular weight excluding hydrogens is 316 g/mol. The van der Waals surface area contributed by atoms with E-state index in [-0.39, 0.29) is 0 Å². The van der Waals surface area contributed by atoms with Crippen molar-refractivity contribution in [3.05, 3.63) is 114 Å². The molecule has 4 rings (SSSR count). The Hall–Kier alpha value is -3.39. The van der Waals surface area contributed by atoms with Gasteiger partial charge in [0.15, 0.2) is 0 Å². The zero-order valence-corrected chi connectivity index (χ0v) is 14.5. The molecule has 0 radical (unpaired) electrons. The summed E-state index contributed by atoms with van der Waals surface area (Å²) >= 11 is 0. The lowest BCUT2D eigenvalue weighted by molar-refractivity contribution is 1.25. The van der Waals surface area contributed by atoms with E-state index in [1.165, 1.54) is 16.3 Å². The van der Waals surface area contributed by atoms with E-state index in [0.717, 1.165) is 23.4 Å². The first-order valence-electron chi connectivity index (χ1n) is 8.80. The lowest BCUT2D eigenvalue weighted by Crippen LogP contribution is -2.09. The number of rotatable bonds is 5. The standard InChI is InChI=1S/C24H20N2/c1-3-10-19(11-4-1)18-24(26-25-21-14-5-2-6-15-21)23-17-9-13-20-12-7-8-16-22(20)23/h1-17,25H,18H2. The van der Waals surface area contributed by atoms with Crippen LogP contribution >= 0.6 is 0 Å². The summed E-state index contributed by atoms with van der Waals surface area (Å²) < 4.78 is 0. The lowest BCUT2D eigenvalue weighted by atomic mass is 9.97. The number of fused-ring (bicyclic) bond motifs is 1. The molecule has 0 fully saturated rings. The van der Waals surface area contributed by atoms with Gasteiger partial charge in [-0.2, -0.15) is 5.10 Å². The van der Waals surface area contributed by atoms with Crippen LogP contribution in [0.4, 0.5) is 5.69 Å². The van der Waals surface area contributed by atoms with E-state index in [0.29, 0.717) is 0 Å². The molecule has 0 saturated carbocycles. The molecule has 0 heterocycles. The largest absolute Gasteiger partial charge is 0.278 e. The van der Waals surface area contributed by atoms with Crippen LogP contribution in [0.1, 0.15) is 11.1 Å². The van der Waals surface area contributed by atoms with Gasteiger partial charge in [0.25, 0.3) is 0 Å². The summed E-state index contributed by atoms with van der Waals surface area (Å²) in [7, 11) is 0. The second-order valence-corrected chi connectivity index (χ2v) is 6.23. The van der Waals surface area contributed by atoms with Crippen molar-refractivity contribution in [2.75, 3.05) is 5.43 Å². The Morgan fingerprint density at radius 2 is 1.31 bits per heavy atom. The van der Waals surface area contributed by atoms with Crippen LogP contribution in [0.25, 0.3) is 10.8 Å². The molecule has 2 heteroatoms. The SMILES string of the molecule is c1ccc(CC(=NNc2ccccc2)c2cccc3ccccc23)cc1. The number of anilines is 1. The van der Waals surface area contributed by atoms with E-state index in [2.05, 4.69) is 72.2 Å². The van der Waals surface area contributed by atoms with Gasteiger partial charge in [0.2, 0.25) is 0 Å². The highest BCUT2D eigenvalue weighted by atomic mass is 15.3. The van der Waals surface area contributed by atoms with E-state index in [9.17, 15) is 0 Å². The molecule has 0 spiro atoms. The molecule has 4 aromatic rings. The van der Waals surface area contributed by atoms with Gasteiger partial charge in [0.05, 0.1) is 11.4 Å². The average Bonchev–Trinajstić information content (AvgIpc) is 2.72. The number of hydrogen-bond acceptors (Lipinski definition) is 2. The van der Waals surface area contributed by atoms with Crippen molar-refractivity contribution in [2.24, 2.45) is 5.10 Å². The Bertz CT molecular complexity index is 1020. The quantitative estimate of drug-likeness (QED) is 0.356. The molecule has 0 saturated heterocycles. The second-order valence-electron chi connectivity index (χ2n) is 6.23. The molecule has 4 aromatic carbocycles. The minimum absolute atomic E-state index is 0.773. The third kappa shape index (κ3) is 3.65. The minimum atomic E-state index is 0.773. The highest BCUT2D eigenvalue weighted by Gasteiger charge is 2.09. The average molecular weight is 336 g/mol. The van der Waals surface area contributed by atoms with Crippen molar-refractivity contribution in [3.8, 4) is 0 Å². The maximum Gasteiger partial charge on any atom is 0.0729 e. The predicted molar refractivity (Wildman–Crippen MR) is 111 cm³/mol. The van der Waals surface area contributed by atoms with Gasteiger partial charge in [-0.25, -0.2) is 0 Å². The van der Waals surface area contributed by atoms with E-state index in [4.69, 9.17) is 5.10 Å². The van der Waals surface area contributed by atoms with Crippen molar-refractivity contribution in [1.82, 2.24) is 0 Å². The Labute approximate surface area is 153 Å². The monoisotopic (exact) mass is 336 g/mol. The van der Waals surface area contributed by atoms with Crippen LogP contribution < -0.4 is 5.43 Å². The van der Waals surface area contributed by atoms with Crippen LogP contribution in [0.3, 0.4) is 0 Å². The molecule has 1 N–H and O–H groups in total. The summed E-state index contributed by atoms with van der Waals surface area (Å²) in [5.41, 5.74) is 7.63. The van der Waals surface area contributed by atoms with Gasteiger partial charge in [-0.15, -0.1) is 0 Å². The van der Waals surface area contributed by atoms with Crippen molar-refractivity contribution in [3.63, 3.8) is 0 Å². The van der Waals surface area contributed by atoms with Crippen LogP contribution in [0.15, 0.2) is 108 Å². The number of hydrogen-bond donors (Lipinski definition) is 1. The Morgan fingerprint density at radius 3 is 2.12 bits per heavy atom. The van der Waals surface area contributed by atoms with E-state index < -0.39 is 0 Å². The first kappa shape index (κ1) is 16.1.